The first-order chi connectivity index (χ1) is 11.8. The number of carbonyl (C=O) groups excluding carboxylic acids is 1. The molecule has 2 unspecified atom stereocenters. The van der Waals surface area contributed by atoms with Gasteiger partial charge in [-0.25, -0.2) is 0 Å². The van der Waals surface area contributed by atoms with Crippen LogP contribution in [0.15, 0.2) is 54.6 Å². The number of rotatable bonds is 2. The Labute approximate surface area is 148 Å². The van der Waals surface area contributed by atoms with E-state index in [1.807, 2.05) is 27.7 Å². The van der Waals surface area contributed by atoms with Crippen molar-refractivity contribution in [1.82, 2.24) is 0 Å². The summed E-state index contributed by atoms with van der Waals surface area (Å²) < 4.78 is 5.70. The normalized spacial score (nSPS) is 23.0. The number of esters is 1. The summed E-state index contributed by atoms with van der Waals surface area (Å²) >= 11 is 0. The zero-order chi connectivity index (χ0) is 17.8. The lowest BCUT2D eigenvalue weighted by atomic mass is 9.90. The Morgan fingerprint density at radius 1 is 1.00 bits per heavy atom. The van der Waals surface area contributed by atoms with Gasteiger partial charge in [0.2, 0.25) is 0 Å². The van der Waals surface area contributed by atoms with Gasteiger partial charge in [-0.1, -0.05) is 48.5 Å². The smallest absolute Gasteiger partial charge is 0.312 e. The molecule has 4 rings (SSSR count). The van der Waals surface area contributed by atoms with Gasteiger partial charge < -0.3 is 4.74 Å². The molecule has 0 heterocycles. The van der Waals surface area contributed by atoms with E-state index in [1.165, 1.54) is 27.1 Å². The van der Waals surface area contributed by atoms with E-state index in [0.717, 1.165) is 6.42 Å². The molecule has 0 aliphatic heterocycles. The van der Waals surface area contributed by atoms with Crippen molar-refractivity contribution >= 4 is 27.5 Å². The highest BCUT2D eigenvalue weighted by atomic mass is 16.6. The van der Waals surface area contributed by atoms with E-state index in [-0.39, 0.29) is 11.9 Å². The lowest BCUT2D eigenvalue weighted by molar-refractivity contribution is -0.161. The molecule has 0 saturated heterocycles. The van der Waals surface area contributed by atoms with E-state index in [9.17, 15) is 4.79 Å². The molecule has 0 bridgehead atoms. The van der Waals surface area contributed by atoms with Gasteiger partial charge in [0.15, 0.2) is 0 Å². The van der Waals surface area contributed by atoms with E-state index in [4.69, 9.17) is 4.74 Å². The minimum absolute atomic E-state index is 0.0815. The monoisotopic (exact) mass is 332 g/mol. The van der Waals surface area contributed by atoms with Crippen LogP contribution in [0.5, 0.6) is 0 Å². The fourth-order valence-corrected chi connectivity index (χ4v) is 3.83. The van der Waals surface area contributed by atoms with Gasteiger partial charge >= 0.3 is 5.97 Å². The number of hydrogen-bond acceptors (Lipinski definition) is 2. The average molecular weight is 332 g/mol. The fraction of sp³-hybridized carbons (Fsp3) is 0.348. The van der Waals surface area contributed by atoms with Crippen LogP contribution in [0.25, 0.3) is 21.5 Å². The maximum absolute atomic E-state index is 12.8. The minimum atomic E-state index is -0.450. The Morgan fingerprint density at radius 2 is 1.52 bits per heavy atom. The predicted octanol–water partition coefficient (Wildman–Crippen LogP) is 5.83. The molecule has 25 heavy (non-hydrogen) atoms. The van der Waals surface area contributed by atoms with Crippen LogP contribution >= 0.6 is 0 Å². The molecule has 0 spiro atoms. The number of carbonyl (C=O) groups is 1. The number of fused-ring (bicyclic) bond motifs is 2. The van der Waals surface area contributed by atoms with Gasteiger partial charge in [0.05, 0.1) is 5.41 Å². The van der Waals surface area contributed by atoms with Gasteiger partial charge in [-0.2, -0.15) is 0 Å². The van der Waals surface area contributed by atoms with Crippen molar-refractivity contribution in [3.05, 3.63) is 60.2 Å². The first-order valence-corrected chi connectivity index (χ1v) is 8.93. The number of benzene rings is 3. The Kier molecular flexibility index (Phi) is 3.44. The van der Waals surface area contributed by atoms with Gasteiger partial charge in [-0.05, 0) is 67.3 Å². The quantitative estimate of drug-likeness (QED) is 0.436. The first kappa shape index (κ1) is 16.1. The maximum Gasteiger partial charge on any atom is 0.312 e. The summed E-state index contributed by atoms with van der Waals surface area (Å²) in [6.45, 7) is 7.83. The van der Waals surface area contributed by atoms with Crippen LogP contribution < -0.4 is 0 Å². The molecule has 0 radical (unpaired) electrons. The van der Waals surface area contributed by atoms with Crippen molar-refractivity contribution in [3.8, 4) is 0 Å². The molecule has 2 nitrogen and oxygen atoms in total. The summed E-state index contributed by atoms with van der Waals surface area (Å²) in [6.07, 6.45) is 0.847. The second kappa shape index (κ2) is 5.32. The van der Waals surface area contributed by atoms with Gasteiger partial charge in [0, 0.05) is 5.92 Å². The lowest BCUT2D eigenvalue weighted by Crippen LogP contribution is -2.29. The van der Waals surface area contributed by atoms with Gasteiger partial charge in [-0.15, -0.1) is 0 Å². The second-order valence-corrected chi connectivity index (χ2v) is 8.41. The minimum Gasteiger partial charge on any atom is -0.460 e. The topological polar surface area (TPSA) is 26.3 Å². The molecule has 1 aliphatic rings. The molecular formula is C23H24O2. The molecule has 1 saturated carbocycles. The van der Waals surface area contributed by atoms with Crippen molar-refractivity contribution in [2.24, 2.45) is 5.41 Å². The molecule has 0 N–H and O–H groups in total. The first-order valence-electron chi connectivity index (χ1n) is 8.93. The molecule has 3 aromatic rings. The van der Waals surface area contributed by atoms with Crippen LogP contribution in [0.4, 0.5) is 0 Å². The average Bonchev–Trinajstić information content (AvgIpc) is 3.24. The lowest BCUT2D eigenvalue weighted by Gasteiger charge is -2.23. The highest BCUT2D eigenvalue weighted by Gasteiger charge is 2.59. The Balaban J connectivity index is 1.85. The molecule has 2 heteroatoms. The van der Waals surface area contributed by atoms with E-state index in [0.29, 0.717) is 0 Å². The van der Waals surface area contributed by atoms with Crippen LogP contribution in [0.3, 0.4) is 0 Å². The van der Waals surface area contributed by atoms with Gasteiger partial charge in [0.25, 0.3) is 0 Å². The zero-order valence-corrected chi connectivity index (χ0v) is 15.3. The highest BCUT2D eigenvalue weighted by molar-refractivity contribution is 6.04. The van der Waals surface area contributed by atoms with Crippen LogP contribution in [0.1, 0.15) is 45.6 Å². The van der Waals surface area contributed by atoms with E-state index in [1.54, 1.807) is 0 Å². The van der Waals surface area contributed by atoms with E-state index >= 15 is 0 Å². The summed E-state index contributed by atoms with van der Waals surface area (Å²) in [5.74, 6) is 0.125. The SMILES string of the molecule is CC(C)(C)OC(=O)C1(C)CC1c1c2ccccc2cc2ccccc12. The Bertz CT molecular complexity index is 926. The fourth-order valence-electron chi connectivity index (χ4n) is 3.83. The third-order valence-corrected chi connectivity index (χ3v) is 5.26. The molecule has 0 amide bonds. The van der Waals surface area contributed by atoms with Crippen molar-refractivity contribution in [2.45, 2.75) is 45.6 Å². The number of ether oxygens (including phenoxy) is 1. The van der Waals surface area contributed by atoms with Gasteiger partial charge in [0.1, 0.15) is 5.60 Å². The van der Waals surface area contributed by atoms with Crippen molar-refractivity contribution in [1.29, 1.82) is 0 Å². The van der Waals surface area contributed by atoms with E-state index < -0.39 is 11.0 Å². The second-order valence-electron chi connectivity index (χ2n) is 8.41. The Hall–Kier alpha value is -2.35. The summed E-state index contributed by atoms with van der Waals surface area (Å²) in [5.41, 5.74) is 0.413. The molecule has 1 fully saturated rings. The van der Waals surface area contributed by atoms with Crippen LogP contribution in [-0.4, -0.2) is 11.6 Å². The van der Waals surface area contributed by atoms with Crippen LogP contribution in [0.2, 0.25) is 0 Å². The highest BCUT2D eigenvalue weighted by Crippen LogP contribution is 2.62. The maximum atomic E-state index is 12.8. The largest absolute Gasteiger partial charge is 0.460 e. The predicted molar refractivity (Wildman–Crippen MR) is 103 cm³/mol. The standard InChI is InChI=1S/C23H24O2/c1-22(2,3)25-21(24)23(4)14-19(23)20-17-11-7-5-9-15(17)13-16-10-6-8-12-18(16)20/h5-13,19H,14H2,1-4H3. The van der Waals surface area contributed by atoms with Crippen LogP contribution in [-0.2, 0) is 9.53 Å². The molecule has 128 valence electrons. The van der Waals surface area contributed by atoms with Crippen molar-refractivity contribution in [3.63, 3.8) is 0 Å². The summed E-state index contributed by atoms with van der Waals surface area (Å²) in [6, 6.07) is 19.2. The van der Waals surface area contributed by atoms with Gasteiger partial charge in [-0.3, -0.25) is 4.79 Å². The molecule has 1 aliphatic carbocycles. The summed E-state index contributed by atoms with van der Waals surface area (Å²) in [7, 11) is 0. The zero-order valence-electron chi connectivity index (χ0n) is 15.3. The summed E-state index contributed by atoms with van der Waals surface area (Å²) in [5, 5.41) is 4.96. The van der Waals surface area contributed by atoms with Crippen molar-refractivity contribution < 1.29 is 9.53 Å². The molecule has 0 aromatic heterocycles. The third-order valence-electron chi connectivity index (χ3n) is 5.26. The molecular weight excluding hydrogens is 308 g/mol. The summed E-state index contributed by atoms with van der Waals surface area (Å²) in [4.78, 5) is 12.8. The molecule has 2 atom stereocenters. The molecule has 3 aromatic carbocycles. The third kappa shape index (κ3) is 2.70. The van der Waals surface area contributed by atoms with E-state index in [2.05, 4.69) is 54.6 Å². The van der Waals surface area contributed by atoms with Crippen LogP contribution in [0, 0.1) is 5.41 Å². The Morgan fingerprint density at radius 3 is 2.04 bits per heavy atom. The van der Waals surface area contributed by atoms with Crippen molar-refractivity contribution in [2.75, 3.05) is 0 Å². The number of hydrogen-bond donors (Lipinski definition) is 0.